The van der Waals surface area contributed by atoms with Crippen LogP contribution in [0, 0.1) is 24.0 Å². The Balaban J connectivity index is 1.98. The molecule has 0 bridgehead atoms. The molecule has 0 spiro atoms. The summed E-state index contributed by atoms with van der Waals surface area (Å²) < 4.78 is 10.4. The summed E-state index contributed by atoms with van der Waals surface area (Å²) in [7, 11) is 1.34. The number of nitro groups is 1. The average molecular weight is 358 g/mol. The van der Waals surface area contributed by atoms with Crippen molar-refractivity contribution in [1.82, 2.24) is 5.32 Å². The van der Waals surface area contributed by atoms with Gasteiger partial charge >= 0.3 is 5.69 Å². The van der Waals surface area contributed by atoms with Crippen LogP contribution in [-0.2, 0) is 4.79 Å². The molecule has 0 aliphatic heterocycles. The maximum Gasteiger partial charge on any atom is 0.311 e. The van der Waals surface area contributed by atoms with Gasteiger partial charge in [0.2, 0.25) is 5.75 Å². The Morgan fingerprint density at radius 3 is 2.62 bits per heavy atom. The van der Waals surface area contributed by atoms with Gasteiger partial charge in [0.1, 0.15) is 5.75 Å². The van der Waals surface area contributed by atoms with E-state index in [0.29, 0.717) is 5.75 Å². The summed E-state index contributed by atoms with van der Waals surface area (Å²) in [5, 5.41) is 13.8. The molecule has 0 fully saturated rings. The lowest BCUT2D eigenvalue weighted by Crippen LogP contribution is -2.31. The van der Waals surface area contributed by atoms with Gasteiger partial charge in [0, 0.05) is 12.1 Å². The van der Waals surface area contributed by atoms with Crippen LogP contribution in [0.15, 0.2) is 36.4 Å². The van der Waals surface area contributed by atoms with Gasteiger partial charge in [0.15, 0.2) is 6.61 Å². The van der Waals surface area contributed by atoms with Gasteiger partial charge in [0.25, 0.3) is 5.91 Å². The molecule has 0 aromatic heterocycles. The summed E-state index contributed by atoms with van der Waals surface area (Å²) >= 11 is 0. The number of methoxy groups -OCH3 is 1. The number of nitro benzene ring substituents is 1. The maximum atomic E-state index is 12.2. The predicted octanol–water partition coefficient (Wildman–Crippen LogP) is 3.48. The first-order valence-electron chi connectivity index (χ1n) is 8.13. The van der Waals surface area contributed by atoms with Gasteiger partial charge in [-0.2, -0.15) is 0 Å². The van der Waals surface area contributed by atoms with Crippen LogP contribution in [-0.4, -0.2) is 24.5 Å². The first kappa shape index (κ1) is 19.2. The summed E-state index contributed by atoms with van der Waals surface area (Å²) in [6.07, 6.45) is 0. The normalized spacial score (nSPS) is 11.5. The van der Waals surface area contributed by atoms with Gasteiger partial charge in [0.05, 0.1) is 18.1 Å². The quantitative estimate of drug-likeness (QED) is 0.604. The molecular weight excluding hydrogens is 336 g/mol. The second-order valence-electron chi connectivity index (χ2n) is 6.03. The summed E-state index contributed by atoms with van der Waals surface area (Å²) in [6.45, 7) is 5.71. The van der Waals surface area contributed by atoms with Crippen LogP contribution in [0.3, 0.4) is 0 Å². The van der Waals surface area contributed by atoms with Gasteiger partial charge < -0.3 is 14.8 Å². The zero-order valence-electron chi connectivity index (χ0n) is 15.2. The smallest absolute Gasteiger partial charge is 0.311 e. The minimum Gasteiger partial charge on any atom is -0.490 e. The molecule has 7 nitrogen and oxygen atoms in total. The van der Waals surface area contributed by atoms with Gasteiger partial charge in [-0.3, -0.25) is 14.9 Å². The van der Waals surface area contributed by atoms with Crippen molar-refractivity contribution in [2.24, 2.45) is 0 Å². The second kappa shape index (κ2) is 8.33. The van der Waals surface area contributed by atoms with E-state index in [1.807, 2.05) is 39.0 Å². The van der Waals surface area contributed by atoms with E-state index in [-0.39, 0.29) is 30.0 Å². The minimum absolute atomic E-state index is 0.0802. The molecule has 1 N–H and O–H groups in total. The molecule has 7 heteroatoms. The second-order valence-corrected chi connectivity index (χ2v) is 6.03. The zero-order chi connectivity index (χ0) is 19.3. The summed E-state index contributed by atoms with van der Waals surface area (Å²) in [5.41, 5.74) is 3.12. The monoisotopic (exact) mass is 358 g/mol. The van der Waals surface area contributed by atoms with Gasteiger partial charge in [-0.05, 0) is 38.0 Å². The Morgan fingerprint density at radius 2 is 1.96 bits per heavy atom. The summed E-state index contributed by atoms with van der Waals surface area (Å²) in [5.74, 6) is 0.120. The average Bonchev–Trinajstić information content (AvgIpc) is 2.61. The molecule has 2 rings (SSSR count). The molecule has 2 aromatic carbocycles. The number of nitrogens with one attached hydrogen (secondary N) is 1. The summed E-state index contributed by atoms with van der Waals surface area (Å²) in [4.78, 5) is 22.5. The lowest BCUT2D eigenvalue weighted by molar-refractivity contribution is -0.385. The van der Waals surface area contributed by atoms with Crippen molar-refractivity contribution in [2.75, 3.05) is 13.7 Å². The van der Waals surface area contributed by atoms with E-state index in [2.05, 4.69) is 5.32 Å². The fraction of sp³-hybridized carbons (Fsp3) is 0.316. The SMILES string of the molecule is COc1cc(OCC(=O)N[C@H](C)c2cc(C)ccc2C)ccc1[N+](=O)[O-]. The number of benzene rings is 2. The Morgan fingerprint density at radius 1 is 1.23 bits per heavy atom. The van der Waals surface area contributed by atoms with Gasteiger partial charge in [-0.15, -0.1) is 0 Å². The Labute approximate surface area is 152 Å². The fourth-order valence-corrected chi connectivity index (χ4v) is 2.63. The number of amides is 1. The molecule has 0 saturated heterocycles. The number of hydrogen-bond donors (Lipinski definition) is 1. The Kier molecular flexibility index (Phi) is 6.16. The first-order chi connectivity index (χ1) is 12.3. The lowest BCUT2D eigenvalue weighted by Gasteiger charge is -2.17. The molecule has 0 aliphatic carbocycles. The molecule has 2 aromatic rings. The van der Waals surface area contributed by atoms with E-state index in [1.165, 1.54) is 25.3 Å². The van der Waals surface area contributed by atoms with E-state index in [4.69, 9.17) is 9.47 Å². The largest absolute Gasteiger partial charge is 0.490 e. The number of aryl methyl sites for hydroxylation is 2. The zero-order valence-corrected chi connectivity index (χ0v) is 15.2. The third-order valence-corrected chi connectivity index (χ3v) is 4.00. The third-order valence-electron chi connectivity index (χ3n) is 4.00. The van der Waals surface area contributed by atoms with E-state index < -0.39 is 4.92 Å². The van der Waals surface area contributed by atoms with Crippen LogP contribution in [0.2, 0.25) is 0 Å². The Bertz CT molecular complexity index is 820. The molecule has 138 valence electrons. The van der Waals surface area contributed by atoms with Crippen molar-refractivity contribution in [3.05, 3.63) is 63.2 Å². The van der Waals surface area contributed by atoms with Crippen LogP contribution < -0.4 is 14.8 Å². The molecule has 0 unspecified atom stereocenters. The number of nitrogens with zero attached hydrogens (tertiary/aromatic N) is 1. The van der Waals surface area contributed by atoms with Crippen molar-refractivity contribution >= 4 is 11.6 Å². The van der Waals surface area contributed by atoms with Gasteiger partial charge in [-0.1, -0.05) is 23.8 Å². The molecule has 0 heterocycles. The molecule has 0 aliphatic rings. The number of carbonyl (C=O) groups is 1. The third kappa shape index (κ3) is 4.72. The number of rotatable bonds is 7. The van der Waals surface area contributed by atoms with E-state index in [9.17, 15) is 14.9 Å². The first-order valence-corrected chi connectivity index (χ1v) is 8.13. The highest BCUT2D eigenvalue weighted by molar-refractivity contribution is 5.78. The molecule has 0 saturated carbocycles. The minimum atomic E-state index is -0.540. The van der Waals surface area contributed by atoms with Crippen LogP contribution in [0.5, 0.6) is 11.5 Å². The molecular formula is C19H22N2O5. The van der Waals surface area contributed by atoms with Crippen molar-refractivity contribution in [3.63, 3.8) is 0 Å². The topological polar surface area (TPSA) is 90.7 Å². The van der Waals surface area contributed by atoms with Crippen LogP contribution in [0.1, 0.15) is 29.7 Å². The highest BCUT2D eigenvalue weighted by Crippen LogP contribution is 2.30. The fourth-order valence-electron chi connectivity index (χ4n) is 2.63. The lowest BCUT2D eigenvalue weighted by atomic mass is 10.00. The van der Waals surface area contributed by atoms with Crippen LogP contribution in [0.4, 0.5) is 5.69 Å². The van der Waals surface area contributed by atoms with E-state index in [1.54, 1.807) is 0 Å². The predicted molar refractivity (Wildman–Crippen MR) is 97.6 cm³/mol. The van der Waals surface area contributed by atoms with Crippen LogP contribution >= 0.6 is 0 Å². The summed E-state index contributed by atoms with van der Waals surface area (Å²) in [6, 6.07) is 10.0. The molecule has 1 amide bonds. The van der Waals surface area contributed by atoms with Gasteiger partial charge in [-0.25, -0.2) is 0 Å². The maximum absolute atomic E-state index is 12.2. The number of carbonyl (C=O) groups excluding carboxylic acids is 1. The Hall–Kier alpha value is -3.09. The number of hydrogen-bond acceptors (Lipinski definition) is 5. The van der Waals surface area contributed by atoms with Crippen molar-refractivity contribution in [1.29, 1.82) is 0 Å². The highest BCUT2D eigenvalue weighted by atomic mass is 16.6. The van der Waals surface area contributed by atoms with Crippen molar-refractivity contribution in [3.8, 4) is 11.5 Å². The van der Waals surface area contributed by atoms with Crippen molar-refractivity contribution in [2.45, 2.75) is 26.8 Å². The molecule has 1 atom stereocenters. The van der Waals surface area contributed by atoms with Crippen molar-refractivity contribution < 1.29 is 19.2 Å². The van der Waals surface area contributed by atoms with Crippen LogP contribution in [0.25, 0.3) is 0 Å². The number of ether oxygens (including phenoxy) is 2. The molecule has 26 heavy (non-hydrogen) atoms. The molecule has 0 radical (unpaired) electrons. The van der Waals surface area contributed by atoms with E-state index in [0.717, 1.165) is 16.7 Å². The standard InChI is InChI=1S/C19H22N2O5/c1-12-5-6-13(2)16(9-12)14(3)20-19(22)11-26-15-7-8-17(21(23)24)18(10-15)25-4/h5-10,14H,11H2,1-4H3,(H,20,22)/t14-/m1/s1. The highest BCUT2D eigenvalue weighted by Gasteiger charge is 2.16. The van der Waals surface area contributed by atoms with E-state index >= 15 is 0 Å².